The summed E-state index contributed by atoms with van der Waals surface area (Å²) in [5, 5.41) is 2.56. The van der Waals surface area contributed by atoms with Gasteiger partial charge in [-0.2, -0.15) is 0 Å². The second kappa shape index (κ2) is 11.2. The summed E-state index contributed by atoms with van der Waals surface area (Å²) in [5.41, 5.74) is 2.47. The van der Waals surface area contributed by atoms with E-state index >= 15 is 0 Å². The number of nitrogens with one attached hydrogen (secondary N) is 2. The minimum atomic E-state index is -3.91. The fourth-order valence-corrected chi connectivity index (χ4v) is 8.01. The lowest BCUT2D eigenvalue weighted by Gasteiger charge is -2.16. The minimum Gasteiger partial charge on any atom is -0.280 e. The molecule has 10 heteroatoms. The van der Waals surface area contributed by atoms with Crippen LogP contribution in [0.4, 0.5) is 11.4 Å². The number of fused-ring (bicyclic) bond motifs is 2. The highest BCUT2D eigenvalue weighted by Crippen LogP contribution is 2.39. The Morgan fingerprint density at radius 3 is 1.10 bits per heavy atom. The molecule has 0 radical (unpaired) electrons. The maximum atomic E-state index is 13.5. The molecular weight excluding hydrogens is 700 g/mol. The molecule has 0 bridgehead atoms. The van der Waals surface area contributed by atoms with Gasteiger partial charge in [-0.3, -0.25) is 9.44 Å². The van der Waals surface area contributed by atoms with Crippen LogP contribution < -0.4 is 9.44 Å². The predicted molar refractivity (Wildman–Crippen MR) is 177 cm³/mol. The van der Waals surface area contributed by atoms with Crippen molar-refractivity contribution in [1.29, 1.82) is 0 Å². The van der Waals surface area contributed by atoms with Crippen LogP contribution in [0.2, 0.25) is 0 Å². The summed E-state index contributed by atoms with van der Waals surface area (Å²) in [5.74, 6) is 0. The summed E-state index contributed by atoms with van der Waals surface area (Å²) >= 11 is 6.73. The molecule has 0 spiro atoms. The van der Waals surface area contributed by atoms with Crippen molar-refractivity contribution in [1.82, 2.24) is 0 Å². The molecule has 0 unspecified atom stereocenters. The van der Waals surface area contributed by atoms with Crippen LogP contribution in [0, 0.1) is 0 Å². The zero-order chi connectivity index (χ0) is 29.5. The largest absolute Gasteiger partial charge is 0.280 e. The van der Waals surface area contributed by atoms with Crippen LogP contribution >= 0.6 is 31.9 Å². The van der Waals surface area contributed by atoms with Gasteiger partial charge in [-0.1, -0.05) is 92.5 Å². The molecule has 0 heterocycles. The van der Waals surface area contributed by atoms with E-state index in [1.807, 2.05) is 24.3 Å². The van der Waals surface area contributed by atoms with Crippen molar-refractivity contribution in [2.75, 3.05) is 9.44 Å². The van der Waals surface area contributed by atoms with Crippen LogP contribution in [0.3, 0.4) is 0 Å². The van der Waals surface area contributed by atoms with E-state index in [-0.39, 0.29) is 9.79 Å². The summed E-state index contributed by atoms with van der Waals surface area (Å²) < 4.78 is 61.0. The first-order valence-electron chi connectivity index (χ1n) is 12.7. The number of halogens is 2. The Labute approximate surface area is 260 Å². The van der Waals surface area contributed by atoms with E-state index in [1.165, 1.54) is 0 Å². The van der Waals surface area contributed by atoms with E-state index in [0.717, 1.165) is 30.8 Å². The maximum Gasteiger partial charge on any atom is 0.262 e. The second-order valence-electron chi connectivity index (χ2n) is 9.54. The van der Waals surface area contributed by atoms with Crippen molar-refractivity contribution < 1.29 is 16.8 Å². The minimum absolute atomic E-state index is 0.145. The number of sulfonamides is 2. The van der Waals surface area contributed by atoms with Gasteiger partial charge in [-0.15, -0.1) is 0 Å². The molecule has 6 rings (SSSR count). The monoisotopic (exact) mass is 720 g/mol. The van der Waals surface area contributed by atoms with Crippen LogP contribution in [0.25, 0.3) is 32.7 Å². The summed E-state index contributed by atoms with van der Waals surface area (Å²) in [6.07, 6.45) is 0. The van der Waals surface area contributed by atoms with Crippen molar-refractivity contribution >= 4 is 84.8 Å². The molecule has 0 aliphatic rings. The molecule has 210 valence electrons. The van der Waals surface area contributed by atoms with Crippen molar-refractivity contribution in [3.63, 3.8) is 0 Å². The van der Waals surface area contributed by atoms with E-state index in [0.29, 0.717) is 22.1 Å². The van der Waals surface area contributed by atoms with Gasteiger partial charge in [-0.25, -0.2) is 16.8 Å². The second-order valence-corrected chi connectivity index (χ2v) is 14.7. The van der Waals surface area contributed by atoms with Gasteiger partial charge in [0.1, 0.15) is 0 Å². The van der Waals surface area contributed by atoms with E-state index in [9.17, 15) is 16.8 Å². The lowest BCUT2D eigenvalue weighted by molar-refractivity contribution is 0.600. The smallest absolute Gasteiger partial charge is 0.262 e. The van der Waals surface area contributed by atoms with Crippen LogP contribution in [-0.2, 0) is 20.0 Å². The Kier molecular flexibility index (Phi) is 7.57. The Morgan fingerprint density at radius 2 is 0.738 bits per heavy atom. The van der Waals surface area contributed by atoms with Crippen molar-refractivity contribution in [3.8, 4) is 11.1 Å². The van der Waals surface area contributed by atoms with E-state index in [1.54, 1.807) is 97.1 Å². The molecule has 2 N–H and O–H groups in total. The first-order valence-corrected chi connectivity index (χ1v) is 17.3. The van der Waals surface area contributed by atoms with Crippen LogP contribution in [0.5, 0.6) is 0 Å². The first kappa shape index (κ1) is 28.4. The predicted octanol–water partition coefficient (Wildman–Crippen LogP) is 8.79. The standard InChI is InChI=1S/C32H22Br2N2O4S2/c33-21-9-13-23(14-10-21)35-41(37,38)31-19-17-27(25-5-1-3-7-29(25)31)28-18-20-32(30-8-4-2-6-26(28)30)42(39,40)36-24-15-11-22(34)12-16-24/h1-20,35-36H. The molecule has 0 aliphatic heterocycles. The maximum absolute atomic E-state index is 13.5. The quantitative estimate of drug-likeness (QED) is 0.172. The number of hydrogen-bond acceptors (Lipinski definition) is 4. The third-order valence-electron chi connectivity index (χ3n) is 6.83. The Hall–Kier alpha value is -3.70. The molecule has 0 fully saturated rings. The highest BCUT2D eigenvalue weighted by molar-refractivity contribution is 9.10. The van der Waals surface area contributed by atoms with Gasteiger partial charge in [0, 0.05) is 31.1 Å². The Balaban J connectivity index is 1.46. The third-order valence-corrected chi connectivity index (χ3v) is 10.8. The van der Waals surface area contributed by atoms with Gasteiger partial charge in [0.05, 0.1) is 9.79 Å². The van der Waals surface area contributed by atoms with E-state index in [4.69, 9.17) is 0 Å². The lowest BCUT2D eigenvalue weighted by atomic mass is 9.94. The summed E-state index contributed by atoms with van der Waals surface area (Å²) in [4.78, 5) is 0.291. The molecule has 0 saturated carbocycles. The molecule has 42 heavy (non-hydrogen) atoms. The molecule has 0 amide bonds. The summed E-state index contributed by atoms with van der Waals surface area (Å²) in [6, 6.07) is 35.1. The molecule has 6 aromatic rings. The highest BCUT2D eigenvalue weighted by Gasteiger charge is 2.22. The normalized spacial score (nSPS) is 12.0. The Bertz CT molecular complexity index is 2030. The number of hydrogen-bond donors (Lipinski definition) is 2. The van der Waals surface area contributed by atoms with Gasteiger partial charge in [0.2, 0.25) is 0 Å². The van der Waals surface area contributed by atoms with E-state index in [2.05, 4.69) is 41.3 Å². The summed E-state index contributed by atoms with van der Waals surface area (Å²) in [6.45, 7) is 0. The van der Waals surface area contributed by atoms with Crippen molar-refractivity contribution in [2.45, 2.75) is 9.79 Å². The van der Waals surface area contributed by atoms with Gasteiger partial charge in [-0.05, 0) is 82.6 Å². The van der Waals surface area contributed by atoms with Gasteiger partial charge < -0.3 is 0 Å². The van der Waals surface area contributed by atoms with Crippen molar-refractivity contribution in [2.24, 2.45) is 0 Å². The third kappa shape index (κ3) is 5.55. The molecule has 0 aliphatic carbocycles. The summed E-state index contributed by atoms with van der Waals surface area (Å²) in [7, 11) is -7.82. The molecular formula is C32H22Br2N2O4S2. The molecule has 0 aromatic heterocycles. The van der Waals surface area contributed by atoms with Crippen LogP contribution in [0.15, 0.2) is 140 Å². The fraction of sp³-hybridized carbons (Fsp3) is 0. The van der Waals surface area contributed by atoms with Gasteiger partial charge in [0.25, 0.3) is 20.0 Å². The van der Waals surface area contributed by atoms with Crippen molar-refractivity contribution in [3.05, 3.63) is 130 Å². The molecule has 6 nitrogen and oxygen atoms in total. The van der Waals surface area contributed by atoms with Crippen LogP contribution in [-0.4, -0.2) is 16.8 Å². The van der Waals surface area contributed by atoms with Crippen LogP contribution in [0.1, 0.15) is 0 Å². The average molecular weight is 722 g/mol. The molecule has 0 saturated heterocycles. The molecule has 6 aromatic carbocycles. The van der Waals surface area contributed by atoms with E-state index < -0.39 is 20.0 Å². The Morgan fingerprint density at radius 1 is 0.405 bits per heavy atom. The zero-order valence-electron chi connectivity index (χ0n) is 21.8. The first-order chi connectivity index (χ1) is 20.1. The van der Waals surface area contributed by atoms with Gasteiger partial charge in [0.15, 0.2) is 0 Å². The number of benzene rings is 6. The SMILES string of the molecule is O=S(=O)(Nc1ccc(Br)cc1)c1ccc(-c2ccc(S(=O)(=O)Nc3ccc(Br)cc3)c3ccccc23)c2ccccc12. The van der Waals surface area contributed by atoms with Gasteiger partial charge >= 0.3 is 0 Å². The topological polar surface area (TPSA) is 92.3 Å². The molecule has 0 atom stereocenters. The fourth-order valence-electron chi connectivity index (χ4n) is 4.94. The lowest BCUT2D eigenvalue weighted by Crippen LogP contribution is -2.14. The number of rotatable bonds is 7. The number of anilines is 2. The highest BCUT2D eigenvalue weighted by atomic mass is 79.9. The zero-order valence-corrected chi connectivity index (χ0v) is 26.6. The average Bonchev–Trinajstić information content (AvgIpc) is 2.98.